The first-order valence-corrected chi connectivity index (χ1v) is 9.16. The summed E-state index contributed by atoms with van der Waals surface area (Å²) in [5.41, 5.74) is -0.623. The van der Waals surface area contributed by atoms with Gasteiger partial charge in [0.15, 0.2) is 6.61 Å². The van der Waals surface area contributed by atoms with Gasteiger partial charge in [0.2, 0.25) is 0 Å². The summed E-state index contributed by atoms with van der Waals surface area (Å²) in [7, 11) is 0. The number of nitriles is 1. The highest BCUT2D eigenvalue weighted by Crippen LogP contribution is 2.29. The van der Waals surface area contributed by atoms with Crippen molar-refractivity contribution >= 4 is 28.9 Å². The number of nitro benzene ring substituents is 1. The van der Waals surface area contributed by atoms with Crippen LogP contribution < -0.4 is 10.6 Å². The van der Waals surface area contributed by atoms with Gasteiger partial charge in [-0.1, -0.05) is 32.0 Å². The second-order valence-electron chi connectivity index (χ2n) is 7.07. The van der Waals surface area contributed by atoms with E-state index in [0.717, 1.165) is 6.07 Å². The van der Waals surface area contributed by atoms with Gasteiger partial charge in [-0.3, -0.25) is 14.9 Å². The second-order valence-corrected chi connectivity index (χ2v) is 7.07. The van der Waals surface area contributed by atoms with Gasteiger partial charge in [-0.05, 0) is 37.1 Å². The van der Waals surface area contributed by atoms with E-state index in [1.54, 1.807) is 45.0 Å². The number of anilines is 2. The smallest absolute Gasteiger partial charge is 0.338 e. The zero-order chi connectivity index (χ0) is 22.3. The third kappa shape index (κ3) is 5.54. The maximum absolute atomic E-state index is 12.3. The predicted molar refractivity (Wildman–Crippen MR) is 110 cm³/mol. The van der Waals surface area contributed by atoms with Crippen molar-refractivity contribution in [3.05, 3.63) is 64.2 Å². The Morgan fingerprint density at radius 3 is 2.47 bits per heavy atom. The number of ether oxygens (including phenoxy) is 1. The first-order chi connectivity index (χ1) is 14.2. The van der Waals surface area contributed by atoms with Crippen molar-refractivity contribution in [2.45, 2.75) is 26.3 Å². The van der Waals surface area contributed by atoms with Crippen LogP contribution in [0.5, 0.6) is 0 Å². The zero-order valence-corrected chi connectivity index (χ0v) is 16.8. The predicted octanol–water partition coefficient (Wildman–Crippen LogP) is 3.55. The Bertz CT molecular complexity index is 985. The third-order valence-corrected chi connectivity index (χ3v) is 4.60. The first-order valence-electron chi connectivity index (χ1n) is 9.16. The molecule has 0 saturated heterocycles. The molecule has 0 aliphatic carbocycles. The van der Waals surface area contributed by atoms with E-state index in [0.29, 0.717) is 5.69 Å². The van der Waals surface area contributed by atoms with Gasteiger partial charge in [-0.2, -0.15) is 5.26 Å². The quantitative estimate of drug-likeness (QED) is 0.386. The highest BCUT2D eigenvalue weighted by Gasteiger charge is 2.30. The zero-order valence-electron chi connectivity index (χ0n) is 16.8. The molecule has 1 amide bonds. The number of hydrogen-bond acceptors (Lipinski definition) is 7. The third-order valence-electron chi connectivity index (χ3n) is 4.60. The lowest BCUT2D eigenvalue weighted by molar-refractivity contribution is -0.383. The molecule has 2 N–H and O–H groups in total. The summed E-state index contributed by atoms with van der Waals surface area (Å²) in [5.74, 6) is -1.69. The summed E-state index contributed by atoms with van der Waals surface area (Å²) in [4.78, 5) is 35.1. The van der Waals surface area contributed by atoms with Crippen molar-refractivity contribution in [2.75, 3.05) is 11.9 Å². The summed E-state index contributed by atoms with van der Waals surface area (Å²) in [5, 5.41) is 26.1. The Kier molecular flexibility index (Phi) is 7.09. The van der Waals surface area contributed by atoms with Gasteiger partial charge in [0.05, 0.1) is 16.6 Å². The fraction of sp³-hybridized carbons (Fsp3) is 0.286. The minimum Gasteiger partial charge on any atom is -0.452 e. The average Bonchev–Trinajstić information content (AvgIpc) is 2.72. The van der Waals surface area contributed by atoms with Crippen LogP contribution in [0.4, 0.5) is 17.1 Å². The van der Waals surface area contributed by atoms with Crippen LogP contribution in [0.3, 0.4) is 0 Å². The number of carbonyl (C=O) groups is 2. The number of amides is 1. The molecule has 9 nitrogen and oxygen atoms in total. The highest BCUT2D eigenvalue weighted by atomic mass is 16.6. The number of hydrogen-bond donors (Lipinski definition) is 2. The maximum atomic E-state index is 12.3. The number of para-hydroxylation sites is 1. The fourth-order valence-corrected chi connectivity index (χ4v) is 2.43. The summed E-state index contributed by atoms with van der Waals surface area (Å²) in [6, 6.07) is 14.7. The van der Waals surface area contributed by atoms with Gasteiger partial charge in [-0.15, -0.1) is 0 Å². The number of nitro groups is 1. The minimum atomic E-state index is -1.10. The average molecular weight is 410 g/mol. The number of rotatable bonds is 8. The monoisotopic (exact) mass is 410 g/mol. The molecule has 2 rings (SSSR count). The molecule has 1 atom stereocenters. The van der Waals surface area contributed by atoms with Crippen molar-refractivity contribution in [1.29, 1.82) is 5.26 Å². The minimum absolute atomic E-state index is 0.0694. The molecule has 156 valence electrons. The normalized spacial score (nSPS) is 12.4. The van der Waals surface area contributed by atoms with Gasteiger partial charge in [0.25, 0.3) is 11.6 Å². The van der Waals surface area contributed by atoms with Gasteiger partial charge < -0.3 is 15.4 Å². The van der Waals surface area contributed by atoms with Crippen LogP contribution in [0.25, 0.3) is 0 Å². The summed E-state index contributed by atoms with van der Waals surface area (Å²) >= 11 is 0. The highest BCUT2D eigenvalue weighted by molar-refractivity contribution is 5.93. The van der Waals surface area contributed by atoms with Gasteiger partial charge in [-0.25, -0.2) is 4.79 Å². The number of esters is 1. The lowest BCUT2D eigenvalue weighted by atomic mass is 9.90. The van der Waals surface area contributed by atoms with E-state index in [1.807, 2.05) is 12.1 Å². The number of nitrogens with one attached hydrogen (secondary N) is 2. The lowest BCUT2D eigenvalue weighted by Gasteiger charge is -2.27. The van der Waals surface area contributed by atoms with Crippen LogP contribution in [-0.2, 0) is 9.53 Å². The second kappa shape index (κ2) is 9.52. The van der Waals surface area contributed by atoms with Gasteiger partial charge in [0, 0.05) is 11.8 Å². The molecule has 0 saturated carbocycles. The molecule has 0 aliphatic rings. The summed E-state index contributed by atoms with van der Waals surface area (Å²) in [6.45, 7) is 4.51. The molecule has 2 aromatic carbocycles. The summed E-state index contributed by atoms with van der Waals surface area (Å²) in [6.07, 6.45) is 0. The van der Waals surface area contributed by atoms with Gasteiger partial charge in [0.1, 0.15) is 11.2 Å². The van der Waals surface area contributed by atoms with Crippen molar-refractivity contribution in [2.24, 2.45) is 5.92 Å². The molecule has 9 heteroatoms. The van der Waals surface area contributed by atoms with Crippen LogP contribution in [0.1, 0.15) is 31.1 Å². The Morgan fingerprint density at radius 2 is 1.90 bits per heavy atom. The van der Waals surface area contributed by atoms with Crippen LogP contribution in [-0.4, -0.2) is 28.9 Å². The van der Waals surface area contributed by atoms with E-state index >= 15 is 0 Å². The molecular weight excluding hydrogens is 388 g/mol. The molecule has 0 spiro atoms. The van der Waals surface area contributed by atoms with Crippen LogP contribution >= 0.6 is 0 Å². The SMILES string of the molecule is CC(C)[C@](C)(C#N)NC(=O)COC(=O)c1ccc(Nc2ccccc2)c([N+](=O)[O-])c1. The van der Waals surface area contributed by atoms with Crippen LogP contribution in [0.2, 0.25) is 0 Å². The largest absolute Gasteiger partial charge is 0.452 e. The molecule has 0 fully saturated rings. The maximum Gasteiger partial charge on any atom is 0.338 e. The van der Waals surface area contributed by atoms with E-state index in [9.17, 15) is 25.0 Å². The first kappa shape index (κ1) is 22.4. The van der Waals surface area contributed by atoms with E-state index in [-0.39, 0.29) is 22.9 Å². The molecule has 0 unspecified atom stereocenters. The Labute approximate surface area is 173 Å². The number of carbonyl (C=O) groups excluding carboxylic acids is 2. The fourth-order valence-electron chi connectivity index (χ4n) is 2.43. The number of nitrogens with zero attached hydrogens (tertiary/aromatic N) is 2. The summed E-state index contributed by atoms with van der Waals surface area (Å²) < 4.78 is 4.95. The Hall–Kier alpha value is -3.93. The molecule has 0 radical (unpaired) electrons. The van der Waals surface area contributed by atoms with Crippen LogP contribution in [0, 0.1) is 27.4 Å². The van der Waals surface area contributed by atoms with E-state index in [4.69, 9.17) is 4.74 Å². The molecule has 0 bridgehead atoms. The molecule has 0 aromatic heterocycles. The molecule has 0 aliphatic heterocycles. The van der Waals surface area contributed by atoms with E-state index in [1.165, 1.54) is 12.1 Å². The number of benzene rings is 2. The van der Waals surface area contributed by atoms with E-state index in [2.05, 4.69) is 10.6 Å². The van der Waals surface area contributed by atoms with Crippen molar-refractivity contribution in [3.8, 4) is 6.07 Å². The van der Waals surface area contributed by atoms with E-state index < -0.39 is 28.9 Å². The molecule has 30 heavy (non-hydrogen) atoms. The van der Waals surface area contributed by atoms with Crippen molar-refractivity contribution < 1.29 is 19.2 Å². The molecule has 0 heterocycles. The topological polar surface area (TPSA) is 134 Å². The van der Waals surface area contributed by atoms with Crippen LogP contribution in [0.15, 0.2) is 48.5 Å². The molecular formula is C21H22N4O5. The lowest BCUT2D eigenvalue weighted by Crippen LogP contribution is -2.50. The standard InChI is InChI=1S/C21H22N4O5/c1-14(2)21(3,13-22)24-19(26)12-30-20(27)15-9-10-17(18(11-15)25(28)29)23-16-7-5-4-6-8-16/h4-11,14,23H,12H2,1-3H3,(H,24,26)/t21-/m0/s1. The Morgan fingerprint density at radius 1 is 1.23 bits per heavy atom. The van der Waals surface area contributed by atoms with Crippen molar-refractivity contribution in [1.82, 2.24) is 5.32 Å². The Balaban J connectivity index is 2.09. The van der Waals surface area contributed by atoms with Crippen molar-refractivity contribution in [3.63, 3.8) is 0 Å². The molecule has 2 aromatic rings. The van der Waals surface area contributed by atoms with Gasteiger partial charge >= 0.3 is 5.97 Å².